The zero-order valence-electron chi connectivity index (χ0n) is 14.4. The molecule has 1 N–H and O–H groups in total. The second kappa shape index (κ2) is 9.03. The van der Waals surface area contributed by atoms with E-state index in [1.807, 2.05) is 18.3 Å². The predicted molar refractivity (Wildman–Crippen MR) is 101 cm³/mol. The molecule has 23 heavy (non-hydrogen) atoms. The number of nitrogens with zero attached hydrogens (tertiary/aromatic N) is 3. The van der Waals surface area contributed by atoms with Gasteiger partial charge in [-0.1, -0.05) is 13.0 Å². The molecular formula is C17H26N4S2. The highest BCUT2D eigenvalue weighted by Crippen LogP contribution is 2.15. The molecule has 0 aliphatic heterocycles. The molecule has 4 nitrogen and oxygen atoms in total. The van der Waals surface area contributed by atoms with Crippen molar-refractivity contribution in [2.75, 3.05) is 20.1 Å². The van der Waals surface area contributed by atoms with Gasteiger partial charge in [-0.15, -0.1) is 22.7 Å². The van der Waals surface area contributed by atoms with Gasteiger partial charge in [0.05, 0.1) is 17.2 Å². The van der Waals surface area contributed by atoms with Gasteiger partial charge in [0, 0.05) is 30.4 Å². The van der Waals surface area contributed by atoms with Gasteiger partial charge in [0.15, 0.2) is 5.96 Å². The molecule has 0 saturated carbocycles. The summed E-state index contributed by atoms with van der Waals surface area (Å²) in [5.41, 5.74) is 1.10. The van der Waals surface area contributed by atoms with Gasteiger partial charge in [-0.05, 0) is 37.6 Å². The van der Waals surface area contributed by atoms with E-state index >= 15 is 0 Å². The third kappa shape index (κ3) is 5.95. The van der Waals surface area contributed by atoms with Crippen molar-refractivity contribution >= 4 is 28.6 Å². The monoisotopic (exact) mass is 350 g/mol. The van der Waals surface area contributed by atoms with E-state index in [9.17, 15) is 0 Å². The van der Waals surface area contributed by atoms with Crippen LogP contribution in [0.2, 0.25) is 0 Å². The van der Waals surface area contributed by atoms with Gasteiger partial charge < -0.3 is 10.2 Å². The van der Waals surface area contributed by atoms with E-state index in [4.69, 9.17) is 4.99 Å². The first kappa shape index (κ1) is 17.9. The Morgan fingerprint density at radius 3 is 2.87 bits per heavy atom. The lowest BCUT2D eigenvalue weighted by molar-refractivity contribution is 0.466. The average Bonchev–Trinajstić information content (AvgIpc) is 3.15. The molecule has 0 aliphatic rings. The quantitative estimate of drug-likeness (QED) is 0.610. The summed E-state index contributed by atoms with van der Waals surface area (Å²) in [5, 5.41) is 8.75. The van der Waals surface area contributed by atoms with Crippen LogP contribution < -0.4 is 5.32 Å². The molecule has 2 aromatic rings. The van der Waals surface area contributed by atoms with E-state index in [-0.39, 0.29) is 0 Å². The van der Waals surface area contributed by atoms with E-state index in [0.29, 0.717) is 5.92 Å². The van der Waals surface area contributed by atoms with Crippen LogP contribution in [0.15, 0.2) is 27.9 Å². The van der Waals surface area contributed by atoms with E-state index in [1.54, 1.807) is 11.3 Å². The highest BCUT2D eigenvalue weighted by atomic mass is 32.1. The van der Waals surface area contributed by atoms with Gasteiger partial charge in [-0.2, -0.15) is 0 Å². The first-order chi connectivity index (χ1) is 11.1. The molecule has 1 atom stereocenters. The molecule has 0 bridgehead atoms. The molecule has 2 heterocycles. The van der Waals surface area contributed by atoms with Crippen LogP contribution >= 0.6 is 22.7 Å². The Hall–Kier alpha value is -1.40. The number of thiazole rings is 1. The number of rotatable bonds is 7. The SMILES string of the molecule is CCNC(=NCC(C)Cc1cccs1)N(C)Cc1csc(C)n1. The first-order valence-corrected chi connectivity index (χ1v) is 9.77. The average molecular weight is 351 g/mol. The third-order valence-electron chi connectivity index (χ3n) is 3.44. The zero-order valence-corrected chi connectivity index (χ0v) is 16.0. The number of hydrogen-bond donors (Lipinski definition) is 1. The zero-order chi connectivity index (χ0) is 16.7. The second-order valence-corrected chi connectivity index (χ2v) is 7.89. The lowest BCUT2D eigenvalue weighted by atomic mass is 10.1. The van der Waals surface area contributed by atoms with Crippen LogP contribution in [-0.2, 0) is 13.0 Å². The highest BCUT2D eigenvalue weighted by molar-refractivity contribution is 7.10. The maximum atomic E-state index is 4.81. The fourth-order valence-corrected chi connectivity index (χ4v) is 3.82. The third-order valence-corrected chi connectivity index (χ3v) is 5.17. The molecule has 0 aliphatic carbocycles. The van der Waals surface area contributed by atoms with Gasteiger partial charge in [0.2, 0.25) is 0 Å². The highest BCUT2D eigenvalue weighted by Gasteiger charge is 2.10. The number of hydrogen-bond acceptors (Lipinski definition) is 4. The molecule has 2 aromatic heterocycles. The van der Waals surface area contributed by atoms with Crippen LogP contribution in [-0.4, -0.2) is 36.0 Å². The Labute approximate surface area is 147 Å². The van der Waals surface area contributed by atoms with Crippen molar-refractivity contribution in [2.24, 2.45) is 10.9 Å². The molecule has 0 aromatic carbocycles. The van der Waals surface area contributed by atoms with Crippen LogP contribution in [0.25, 0.3) is 0 Å². The maximum absolute atomic E-state index is 4.81. The Kier molecular flexibility index (Phi) is 7.05. The standard InChI is InChI=1S/C17H26N4S2/c1-5-18-17(21(4)11-15-12-23-14(3)20-15)19-10-13(2)9-16-7-6-8-22-16/h6-8,12-13H,5,9-11H2,1-4H3,(H,18,19). The van der Waals surface area contributed by atoms with Gasteiger partial charge in [-0.25, -0.2) is 4.98 Å². The van der Waals surface area contributed by atoms with E-state index < -0.39 is 0 Å². The maximum Gasteiger partial charge on any atom is 0.194 e. The Balaban J connectivity index is 1.92. The molecule has 0 radical (unpaired) electrons. The largest absolute Gasteiger partial charge is 0.357 e. The van der Waals surface area contributed by atoms with E-state index in [1.165, 1.54) is 4.88 Å². The molecule has 6 heteroatoms. The van der Waals surface area contributed by atoms with Gasteiger partial charge in [0.25, 0.3) is 0 Å². The number of aliphatic imine (C=N–C) groups is 1. The van der Waals surface area contributed by atoms with Crippen molar-refractivity contribution in [3.05, 3.63) is 38.5 Å². The summed E-state index contributed by atoms with van der Waals surface area (Å²) < 4.78 is 0. The minimum absolute atomic E-state index is 0.539. The molecule has 0 fully saturated rings. The predicted octanol–water partition coefficient (Wildman–Crippen LogP) is 3.79. The molecule has 0 saturated heterocycles. The van der Waals surface area contributed by atoms with Crippen molar-refractivity contribution < 1.29 is 0 Å². The summed E-state index contributed by atoms with van der Waals surface area (Å²) in [7, 11) is 2.07. The molecule has 126 valence electrons. The normalized spacial score (nSPS) is 13.1. The number of guanidine groups is 1. The topological polar surface area (TPSA) is 40.5 Å². The van der Waals surface area contributed by atoms with Crippen LogP contribution in [0.1, 0.15) is 29.4 Å². The number of aryl methyl sites for hydroxylation is 1. The van der Waals surface area contributed by atoms with Crippen LogP contribution in [0.5, 0.6) is 0 Å². The van der Waals surface area contributed by atoms with Crippen molar-refractivity contribution in [3.8, 4) is 0 Å². The summed E-state index contributed by atoms with van der Waals surface area (Å²) in [4.78, 5) is 12.9. The first-order valence-electron chi connectivity index (χ1n) is 8.01. The summed E-state index contributed by atoms with van der Waals surface area (Å²) in [5.74, 6) is 1.49. The minimum Gasteiger partial charge on any atom is -0.357 e. The van der Waals surface area contributed by atoms with Crippen LogP contribution in [0.4, 0.5) is 0 Å². The molecule has 2 rings (SSSR count). The van der Waals surface area contributed by atoms with Crippen LogP contribution in [0.3, 0.4) is 0 Å². The van der Waals surface area contributed by atoms with Crippen molar-refractivity contribution in [1.82, 2.24) is 15.2 Å². The summed E-state index contributed by atoms with van der Waals surface area (Å²) in [6.45, 7) is 8.90. The molecule has 0 amide bonds. The molecular weight excluding hydrogens is 324 g/mol. The minimum atomic E-state index is 0.539. The van der Waals surface area contributed by atoms with E-state index in [0.717, 1.165) is 42.7 Å². The summed E-state index contributed by atoms with van der Waals surface area (Å²) in [6.07, 6.45) is 1.09. The van der Waals surface area contributed by atoms with Gasteiger partial charge in [-0.3, -0.25) is 4.99 Å². The van der Waals surface area contributed by atoms with E-state index in [2.05, 4.69) is 59.0 Å². The summed E-state index contributed by atoms with van der Waals surface area (Å²) >= 11 is 3.52. The fraction of sp³-hybridized carbons (Fsp3) is 0.529. The number of nitrogens with one attached hydrogen (secondary N) is 1. The van der Waals surface area contributed by atoms with Crippen molar-refractivity contribution in [1.29, 1.82) is 0 Å². The summed E-state index contributed by atoms with van der Waals surface area (Å²) in [6, 6.07) is 4.32. The fourth-order valence-electron chi connectivity index (χ4n) is 2.35. The second-order valence-electron chi connectivity index (χ2n) is 5.80. The number of thiophene rings is 1. The Bertz CT molecular complexity index is 604. The number of aromatic nitrogens is 1. The van der Waals surface area contributed by atoms with Gasteiger partial charge in [0.1, 0.15) is 0 Å². The lowest BCUT2D eigenvalue weighted by Crippen LogP contribution is -2.38. The van der Waals surface area contributed by atoms with Gasteiger partial charge >= 0.3 is 0 Å². The Morgan fingerprint density at radius 2 is 2.26 bits per heavy atom. The van der Waals surface area contributed by atoms with Crippen molar-refractivity contribution in [3.63, 3.8) is 0 Å². The molecule has 0 spiro atoms. The lowest BCUT2D eigenvalue weighted by Gasteiger charge is -2.21. The van der Waals surface area contributed by atoms with Crippen LogP contribution in [0, 0.1) is 12.8 Å². The molecule has 1 unspecified atom stereocenters. The Morgan fingerprint density at radius 1 is 1.43 bits per heavy atom. The van der Waals surface area contributed by atoms with Crippen molar-refractivity contribution in [2.45, 2.75) is 33.7 Å². The smallest absolute Gasteiger partial charge is 0.194 e.